The maximum absolute atomic E-state index is 4.75. The van der Waals surface area contributed by atoms with Crippen LogP contribution in [-0.2, 0) is 0 Å². The van der Waals surface area contributed by atoms with E-state index < -0.39 is 0 Å². The van der Waals surface area contributed by atoms with Crippen LogP contribution in [0.2, 0.25) is 0 Å². The molecule has 2 aliphatic rings. The third-order valence-corrected chi connectivity index (χ3v) is 5.91. The average Bonchev–Trinajstić information content (AvgIpc) is 2.62. The molecule has 0 spiro atoms. The van der Waals surface area contributed by atoms with Crippen LogP contribution >= 0.6 is 0 Å². The molecule has 2 saturated heterocycles. The third kappa shape index (κ3) is 4.66. The van der Waals surface area contributed by atoms with E-state index in [-0.39, 0.29) is 0 Å². The molecule has 0 N–H and O–H groups in total. The Morgan fingerprint density at radius 3 is 1.27 bits per heavy atom. The Morgan fingerprint density at radius 2 is 0.962 bits per heavy atom. The molecule has 4 nitrogen and oxygen atoms in total. The molecule has 0 bridgehead atoms. The van der Waals surface area contributed by atoms with E-state index in [4.69, 9.17) is 10.2 Å². The van der Waals surface area contributed by atoms with E-state index >= 15 is 0 Å². The van der Waals surface area contributed by atoms with Crippen LogP contribution in [0.5, 0.6) is 0 Å². The lowest BCUT2D eigenvalue weighted by Gasteiger charge is -2.36. The van der Waals surface area contributed by atoms with E-state index in [1.54, 1.807) is 0 Å². The lowest BCUT2D eigenvalue weighted by molar-refractivity contribution is 0.109. The van der Waals surface area contributed by atoms with Gasteiger partial charge in [0, 0.05) is 24.2 Å². The number of rotatable bonds is 4. The summed E-state index contributed by atoms with van der Waals surface area (Å²) in [5.74, 6) is 0. The maximum Gasteiger partial charge on any atom is 0.0543 e. The lowest BCUT2D eigenvalue weighted by Crippen LogP contribution is -2.39. The summed E-state index contributed by atoms with van der Waals surface area (Å²) in [7, 11) is 0. The van der Waals surface area contributed by atoms with Gasteiger partial charge in [-0.2, -0.15) is 10.2 Å². The highest BCUT2D eigenvalue weighted by atomic mass is 15.5. The molecule has 3 rings (SSSR count). The minimum Gasteiger partial charge on any atom is -0.292 e. The van der Waals surface area contributed by atoms with Crippen LogP contribution in [-0.4, -0.2) is 46.6 Å². The minimum atomic E-state index is 0.537. The quantitative estimate of drug-likeness (QED) is 0.722. The van der Waals surface area contributed by atoms with E-state index in [0.29, 0.717) is 24.2 Å². The maximum atomic E-state index is 4.75. The van der Waals surface area contributed by atoms with Gasteiger partial charge < -0.3 is 0 Å². The lowest BCUT2D eigenvalue weighted by atomic mass is 10.00. The van der Waals surface area contributed by atoms with Gasteiger partial charge in [0.05, 0.1) is 12.4 Å². The summed E-state index contributed by atoms with van der Waals surface area (Å²) in [6.45, 7) is 9.09. The molecule has 0 saturated carbocycles. The van der Waals surface area contributed by atoms with Crippen molar-refractivity contribution in [1.29, 1.82) is 0 Å². The molecule has 142 valence electrons. The predicted octanol–water partition coefficient (Wildman–Crippen LogP) is 4.88. The van der Waals surface area contributed by atoms with Gasteiger partial charge in [0.1, 0.15) is 0 Å². The number of nitrogens with zero attached hydrogens (tertiary/aromatic N) is 4. The van der Waals surface area contributed by atoms with Crippen LogP contribution in [0, 0.1) is 0 Å². The van der Waals surface area contributed by atoms with Gasteiger partial charge in [0.2, 0.25) is 0 Å². The molecule has 0 aromatic heterocycles. The number of hydrogen-bond acceptors (Lipinski definition) is 4. The van der Waals surface area contributed by atoms with Crippen molar-refractivity contribution in [3.05, 3.63) is 35.4 Å². The zero-order valence-corrected chi connectivity index (χ0v) is 16.8. The summed E-state index contributed by atoms with van der Waals surface area (Å²) in [6.07, 6.45) is 11.6. The normalized spacial score (nSPS) is 30.5. The second-order valence-electron chi connectivity index (χ2n) is 8.17. The van der Waals surface area contributed by atoms with Crippen molar-refractivity contribution in [3.63, 3.8) is 0 Å². The van der Waals surface area contributed by atoms with Crippen LogP contribution in [0.15, 0.2) is 34.5 Å². The highest BCUT2D eigenvalue weighted by Gasteiger charge is 2.23. The van der Waals surface area contributed by atoms with Gasteiger partial charge in [-0.05, 0) is 77.3 Å². The smallest absolute Gasteiger partial charge is 0.0543 e. The van der Waals surface area contributed by atoms with Crippen LogP contribution in [0.1, 0.15) is 77.3 Å². The Labute approximate surface area is 159 Å². The molecule has 2 heterocycles. The minimum absolute atomic E-state index is 0.537. The molecule has 0 radical (unpaired) electrons. The van der Waals surface area contributed by atoms with E-state index in [2.05, 4.69) is 62.0 Å². The van der Waals surface area contributed by atoms with Crippen molar-refractivity contribution in [2.24, 2.45) is 10.2 Å². The summed E-state index contributed by atoms with van der Waals surface area (Å²) < 4.78 is 0. The van der Waals surface area contributed by atoms with Gasteiger partial charge in [-0.25, -0.2) is 0 Å². The van der Waals surface area contributed by atoms with Crippen molar-refractivity contribution in [1.82, 2.24) is 10.0 Å². The van der Waals surface area contributed by atoms with Crippen molar-refractivity contribution in [3.8, 4) is 0 Å². The van der Waals surface area contributed by atoms with Gasteiger partial charge in [-0.3, -0.25) is 10.0 Å². The highest BCUT2D eigenvalue weighted by molar-refractivity contribution is 5.83. The van der Waals surface area contributed by atoms with E-state index in [9.17, 15) is 0 Å². The fourth-order valence-electron chi connectivity index (χ4n) is 4.21. The van der Waals surface area contributed by atoms with Gasteiger partial charge in [0.15, 0.2) is 0 Å². The van der Waals surface area contributed by atoms with Gasteiger partial charge in [-0.15, -0.1) is 0 Å². The van der Waals surface area contributed by atoms with Crippen LogP contribution in [0.3, 0.4) is 0 Å². The largest absolute Gasteiger partial charge is 0.292 e. The van der Waals surface area contributed by atoms with Crippen molar-refractivity contribution >= 4 is 12.4 Å². The standard InChI is InChI=1S/C22H34N4/c1-17-7-5-8-18(2)25(17)23-15-21-11-13-22(14-12-21)16-24-26-19(3)9-6-10-20(26)4/h11-20H,5-10H2,1-4H3/b23-15+,24-16+. The van der Waals surface area contributed by atoms with Crippen LogP contribution < -0.4 is 0 Å². The first-order valence-electron chi connectivity index (χ1n) is 10.3. The summed E-state index contributed by atoms with van der Waals surface area (Å²) in [5, 5.41) is 14.0. The molecular formula is C22H34N4. The summed E-state index contributed by atoms with van der Waals surface area (Å²) in [5.41, 5.74) is 2.29. The molecule has 4 heteroatoms. The number of hydrogen-bond donors (Lipinski definition) is 0. The second kappa shape index (κ2) is 8.70. The molecule has 26 heavy (non-hydrogen) atoms. The Hall–Kier alpha value is -1.84. The topological polar surface area (TPSA) is 31.2 Å². The van der Waals surface area contributed by atoms with E-state index in [0.717, 1.165) is 11.1 Å². The highest BCUT2D eigenvalue weighted by Crippen LogP contribution is 2.23. The van der Waals surface area contributed by atoms with Crippen molar-refractivity contribution < 1.29 is 0 Å². The van der Waals surface area contributed by atoms with Gasteiger partial charge in [-0.1, -0.05) is 24.3 Å². The SMILES string of the molecule is CC1CCCC(C)N1/N=C/c1ccc(/C=N/N2C(C)CCCC2C)cc1. The zero-order valence-electron chi connectivity index (χ0n) is 16.8. The Balaban J connectivity index is 1.61. The number of benzene rings is 1. The van der Waals surface area contributed by atoms with Crippen molar-refractivity contribution in [2.75, 3.05) is 0 Å². The second-order valence-corrected chi connectivity index (χ2v) is 8.17. The summed E-state index contributed by atoms with van der Waals surface area (Å²) >= 11 is 0. The first-order valence-corrected chi connectivity index (χ1v) is 10.3. The first-order chi connectivity index (χ1) is 12.5. The Bertz CT molecular complexity index is 547. The molecule has 0 aliphatic carbocycles. The molecule has 2 aliphatic heterocycles. The van der Waals surface area contributed by atoms with E-state index in [1.807, 2.05) is 12.4 Å². The first kappa shape index (κ1) is 18.9. The number of hydrazone groups is 2. The van der Waals surface area contributed by atoms with Gasteiger partial charge >= 0.3 is 0 Å². The fourth-order valence-corrected chi connectivity index (χ4v) is 4.21. The molecule has 4 atom stereocenters. The third-order valence-electron chi connectivity index (χ3n) is 5.91. The molecule has 0 amide bonds. The van der Waals surface area contributed by atoms with Gasteiger partial charge in [0.25, 0.3) is 0 Å². The van der Waals surface area contributed by atoms with E-state index in [1.165, 1.54) is 38.5 Å². The predicted molar refractivity (Wildman–Crippen MR) is 111 cm³/mol. The monoisotopic (exact) mass is 354 g/mol. The zero-order chi connectivity index (χ0) is 18.5. The average molecular weight is 355 g/mol. The van der Waals surface area contributed by atoms with Crippen molar-refractivity contribution in [2.45, 2.75) is 90.4 Å². The molecule has 4 unspecified atom stereocenters. The van der Waals surface area contributed by atoms with Crippen LogP contribution in [0.4, 0.5) is 0 Å². The molecule has 1 aromatic carbocycles. The van der Waals surface area contributed by atoms with Crippen LogP contribution in [0.25, 0.3) is 0 Å². The molecule has 1 aromatic rings. The Kier molecular flexibility index (Phi) is 6.33. The molecule has 2 fully saturated rings. The number of piperidine rings is 2. The summed E-state index contributed by atoms with van der Waals surface area (Å²) in [6, 6.07) is 10.7. The fraction of sp³-hybridized carbons (Fsp3) is 0.636. The summed E-state index contributed by atoms with van der Waals surface area (Å²) in [4.78, 5) is 0. The molecular weight excluding hydrogens is 320 g/mol. The Morgan fingerprint density at radius 1 is 0.654 bits per heavy atom.